The average molecular weight is 694 g/mol. The van der Waals surface area contributed by atoms with Gasteiger partial charge in [0.15, 0.2) is 0 Å². The van der Waals surface area contributed by atoms with E-state index in [1.807, 2.05) is 0 Å². The molecule has 0 radical (unpaired) electrons. The molecule has 0 bridgehead atoms. The van der Waals surface area contributed by atoms with E-state index in [4.69, 9.17) is 0 Å². The fraction of sp³-hybridized carbons (Fsp3) is 0.0980. The Bertz CT molecular complexity index is 2910. The lowest BCUT2D eigenvalue weighted by atomic mass is 9.82. The van der Waals surface area contributed by atoms with Crippen LogP contribution in [-0.2, 0) is 5.41 Å². The van der Waals surface area contributed by atoms with Gasteiger partial charge >= 0.3 is 0 Å². The second-order valence-corrected chi connectivity index (χ2v) is 15.5. The van der Waals surface area contributed by atoms with E-state index in [0.29, 0.717) is 0 Å². The van der Waals surface area contributed by atoms with E-state index in [0.717, 1.165) is 11.4 Å². The lowest BCUT2D eigenvalue weighted by Crippen LogP contribution is -2.37. The molecular weight excluding hydrogens is 655 g/mol. The number of aromatic nitrogens is 1. The van der Waals surface area contributed by atoms with Crippen molar-refractivity contribution in [2.45, 2.75) is 31.5 Å². The van der Waals surface area contributed by atoms with Crippen LogP contribution in [0, 0.1) is 0 Å². The molecule has 9 aromatic rings. The SMILES string of the molecule is CC1(C)c2ccccc2-c2cc3c(cc21)c1ccccc1n3-c1ccc(C2Nc3ccccc3C(c3ccc(-c4ccc5ccccc5c4)cc3)N2)cc1. The minimum Gasteiger partial charge on any atom is -0.366 e. The van der Waals surface area contributed by atoms with Gasteiger partial charge in [-0.2, -0.15) is 0 Å². The molecule has 54 heavy (non-hydrogen) atoms. The second kappa shape index (κ2) is 11.8. The van der Waals surface area contributed by atoms with Gasteiger partial charge in [0, 0.05) is 27.6 Å². The van der Waals surface area contributed by atoms with Gasteiger partial charge in [-0.3, -0.25) is 5.32 Å². The minimum atomic E-state index is -0.0562. The van der Waals surface area contributed by atoms with Crippen LogP contribution < -0.4 is 10.6 Å². The molecule has 0 saturated heterocycles. The fourth-order valence-electron chi connectivity index (χ4n) is 9.28. The first-order valence-electron chi connectivity index (χ1n) is 19.0. The summed E-state index contributed by atoms with van der Waals surface area (Å²) in [4.78, 5) is 0. The molecule has 0 amide bonds. The Labute approximate surface area is 315 Å². The summed E-state index contributed by atoms with van der Waals surface area (Å²) in [6.45, 7) is 4.72. The van der Waals surface area contributed by atoms with E-state index in [1.54, 1.807) is 0 Å². The van der Waals surface area contributed by atoms with E-state index in [1.165, 1.54) is 82.6 Å². The summed E-state index contributed by atoms with van der Waals surface area (Å²) in [5.41, 5.74) is 16.4. The quantitative estimate of drug-likeness (QED) is 0.192. The van der Waals surface area contributed by atoms with Crippen LogP contribution in [0.3, 0.4) is 0 Å². The molecule has 2 N–H and O–H groups in total. The first-order valence-corrected chi connectivity index (χ1v) is 19.0. The number of hydrogen-bond donors (Lipinski definition) is 2. The highest BCUT2D eigenvalue weighted by molar-refractivity contribution is 6.11. The average Bonchev–Trinajstić information content (AvgIpc) is 3.67. The molecule has 1 aliphatic carbocycles. The molecule has 0 fully saturated rings. The molecule has 0 saturated carbocycles. The maximum Gasteiger partial charge on any atom is 0.104 e. The van der Waals surface area contributed by atoms with Gasteiger partial charge in [0.25, 0.3) is 0 Å². The summed E-state index contributed by atoms with van der Waals surface area (Å²) in [5, 5.41) is 12.9. The van der Waals surface area contributed by atoms with Crippen LogP contribution in [0.15, 0.2) is 176 Å². The number of para-hydroxylation sites is 2. The van der Waals surface area contributed by atoms with Crippen molar-refractivity contribution in [2.75, 3.05) is 5.32 Å². The third-order valence-corrected chi connectivity index (χ3v) is 12.1. The van der Waals surface area contributed by atoms with E-state index in [-0.39, 0.29) is 17.6 Å². The number of nitrogens with zero attached hydrogens (tertiary/aromatic N) is 1. The number of benzene rings is 8. The predicted octanol–water partition coefficient (Wildman–Crippen LogP) is 12.7. The Morgan fingerprint density at radius 1 is 0.500 bits per heavy atom. The topological polar surface area (TPSA) is 29.0 Å². The molecule has 11 rings (SSSR count). The number of fused-ring (bicyclic) bond motifs is 8. The zero-order valence-corrected chi connectivity index (χ0v) is 30.3. The van der Waals surface area contributed by atoms with Crippen molar-refractivity contribution >= 4 is 38.3 Å². The highest BCUT2D eigenvalue weighted by Crippen LogP contribution is 2.51. The van der Waals surface area contributed by atoms with E-state index in [9.17, 15) is 0 Å². The first kappa shape index (κ1) is 31.1. The third-order valence-electron chi connectivity index (χ3n) is 12.1. The minimum absolute atomic E-state index is 0.0410. The molecule has 3 heteroatoms. The standard InChI is InChI=1S/C51H39N3/c1-51(2)44-16-8-5-13-39(44)42-31-48-43(30-45(42)51)40-14-7-10-18-47(40)54(48)38-27-25-35(26-28-38)50-52-46-17-9-6-15-41(46)49(53-50)34-22-19-33(20-23-34)37-24-21-32-11-3-4-12-36(32)29-37/h3-31,49-50,52-53H,1-2H3. The van der Waals surface area contributed by atoms with Crippen molar-refractivity contribution in [3.63, 3.8) is 0 Å². The summed E-state index contributed by atoms with van der Waals surface area (Å²) < 4.78 is 2.44. The van der Waals surface area contributed by atoms with Crippen molar-refractivity contribution < 1.29 is 0 Å². The fourth-order valence-corrected chi connectivity index (χ4v) is 9.28. The molecular formula is C51H39N3. The molecule has 1 aliphatic heterocycles. The van der Waals surface area contributed by atoms with Crippen molar-refractivity contribution in [3.05, 3.63) is 204 Å². The van der Waals surface area contributed by atoms with Gasteiger partial charge in [-0.05, 0) is 103 Å². The molecule has 0 spiro atoms. The Balaban J connectivity index is 0.949. The molecule has 2 unspecified atom stereocenters. The molecule has 2 atom stereocenters. The van der Waals surface area contributed by atoms with Crippen molar-refractivity contribution in [1.82, 2.24) is 9.88 Å². The summed E-state index contributed by atoms with van der Waals surface area (Å²) in [6, 6.07) is 64.8. The van der Waals surface area contributed by atoms with Crippen LogP contribution in [0.1, 0.15) is 53.9 Å². The Morgan fingerprint density at radius 3 is 2.07 bits per heavy atom. The molecule has 3 nitrogen and oxygen atoms in total. The largest absolute Gasteiger partial charge is 0.366 e. The van der Waals surface area contributed by atoms with Gasteiger partial charge in [-0.1, -0.05) is 147 Å². The van der Waals surface area contributed by atoms with E-state index < -0.39 is 0 Å². The van der Waals surface area contributed by atoms with Crippen molar-refractivity contribution in [2.24, 2.45) is 0 Å². The summed E-state index contributed by atoms with van der Waals surface area (Å²) in [6.07, 6.45) is -0.0562. The van der Waals surface area contributed by atoms with Crippen molar-refractivity contribution in [3.8, 4) is 27.9 Å². The first-order chi connectivity index (χ1) is 26.5. The molecule has 258 valence electrons. The van der Waals surface area contributed by atoms with Gasteiger partial charge in [0.2, 0.25) is 0 Å². The van der Waals surface area contributed by atoms with Gasteiger partial charge < -0.3 is 9.88 Å². The summed E-state index contributed by atoms with van der Waals surface area (Å²) in [7, 11) is 0. The van der Waals surface area contributed by atoms with Crippen LogP contribution in [0.25, 0.3) is 60.5 Å². The number of hydrogen-bond acceptors (Lipinski definition) is 2. The highest BCUT2D eigenvalue weighted by Gasteiger charge is 2.36. The molecule has 8 aromatic carbocycles. The summed E-state index contributed by atoms with van der Waals surface area (Å²) in [5.74, 6) is 0. The number of anilines is 1. The zero-order valence-electron chi connectivity index (χ0n) is 30.3. The lowest BCUT2D eigenvalue weighted by molar-refractivity contribution is 0.506. The zero-order chi connectivity index (χ0) is 36.0. The Hall–Kier alpha value is -6.42. The molecule has 2 aliphatic rings. The van der Waals surface area contributed by atoms with Crippen LogP contribution in [0.4, 0.5) is 5.69 Å². The van der Waals surface area contributed by atoms with Crippen LogP contribution in [0.2, 0.25) is 0 Å². The van der Waals surface area contributed by atoms with Crippen LogP contribution in [0.5, 0.6) is 0 Å². The molecule has 2 heterocycles. The van der Waals surface area contributed by atoms with Gasteiger partial charge in [0.1, 0.15) is 6.17 Å². The number of nitrogens with one attached hydrogen (secondary N) is 2. The van der Waals surface area contributed by atoms with Gasteiger partial charge in [-0.15, -0.1) is 0 Å². The third kappa shape index (κ3) is 4.72. The predicted molar refractivity (Wildman–Crippen MR) is 226 cm³/mol. The highest BCUT2D eigenvalue weighted by atomic mass is 15.2. The molecule has 1 aromatic heterocycles. The second-order valence-electron chi connectivity index (χ2n) is 15.5. The lowest BCUT2D eigenvalue weighted by Gasteiger charge is -2.35. The van der Waals surface area contributed by atoms with Crippen molar-refractivity contribution in [1.29, 1.82) is 0 Å². The summed E-state index contributed by atoms with van der Waals surface area (Å²) >= 11 is 0. The monoisotopic (exact) mass is 693 g/mol. The smallest absolute Gasteiger partial charge is 0.104 e. The number of rotatable bonds is 4. The Kier molecular flexibility index (Phi) is 6.80. The maximum absolute atomic E-state index is 3.97. The van der Waals surface area contributed by atoms with Gasteiger partial charge in [0.05, 0.1) is 17.1 Å². The Morgan fingerprint density at radius 2 is 1.20 bits per heavy atom. The normalized spacial score (nSPS) is 16.9. The van der Waals surface area contributed by atoms with E-state index in [2.05, 4.69) is 205 Å². The maximum atomic E-state index is 3.97. The van der Waals surface area contributed by atoms with E-state index >= 15 is 0 Å². The van der Waals surface area contributed by atoms with Crippen LogP contribution >= 0.6 is 0 Å². The van der Waals surface area contributed by atoms with Gasteiger partial charge in [-0.25, -0.2) is 0 Å². The van der Waals surface area contributed by atoms with Crippen LogP contribution in [-0.4, -0.2) is 4.57 Å².